The zero-order valence-corrected chi connectivity index (χ0v) is 18.7. The third-order valence-electron chi connectivity index (χ3n) is 4.98. The molecule has 9 nitrogen and oxygen atoms in total. The first-order valence-electron chi connectivity index (χ1n) is 9.99. The van der Waals surface area contributed by atoms with Crippen molar-refractivity contribution in [3.05, 3.63) is 35.7 Å². The standard InChI is InChI=1S/C20H20F3N7O2S/c1-10(2)30-5-4-11-6-14(25-9-15(11)30)17-28-18(33-29-17)27-16-13(20(21,22)23)7-12(8-26-16)32-19(31)24-3/h6-10H,4-5H2,1-3H3,(H,24,31)(H,26,27,28,29). The molecule has 3 aromatic heterocycles. The minimum absolute atomic E-state index is 0.120. The van der Waals surface area contributed by atoms with Gasteiger partial charge in [0.15, 0.2) is 11.6 Å². The molecule has 0 atom stereocenters. The number of rotatable bonds is 5. The molecule has 174 valence electrons. The number of carbonyl (C=O) groups is 1. The maximum atomic E-state index is 13.6. The van der Waals surface area contributed by atoms with E-state index in [0.717, 1.165) is 41.9 Å². The zero-order chi connectivity index (χ0) is 23.8. The highest BCUT2D eigenvalue weighted by Crippen LogP contribution is 2.38. The molecule has 0 aromatic carbocycles. The topological polar surface area (TPSA) is 105 Å². The molecule has 1 amide bonds. The fourth-order valence-electron chi connectivity index (χ4n) is 3.42. The van der Waals surface area contributed by atoms with Gasteiger partial charge in [0.05, 0.1) is 18.1 Å². The molecule has 0 fully saturated rings. The maximum absolute atomic E-state index is 13.6. The Balaban J connectivity index is 1.57. The second kappa shape index (κ2) is 8.81. The first kappa shape index (κ1) is 22.7. The van der Waals surface area contributed by atoms with Gasteiger partial charge in [-0.15, -0.1) is 0 Å². The Morgan fingerprint density at radius 3 is 2.73 bits per heavy atom. The van der Waals surface area contributed by atoms with Crippen molar-refractivity contribution in [1.82, 2.24) is 24.6 Å². The molecular formula is C20H20F3N7O2S. The Bertz CT molecular complexity index is 1180. The summed E-state index contributed by atoms with van der Waals surface area (Å²) in [4.78, 5) is 26.0. The lowest BCUT2D eigenvalue weighted by molar-refractivity contribution is -0.137. The highest BCUT2D eigenvalue weighted by atomic mass is 32.1. The van der Waals surface area contributed by atoms with Gasteiger partial charge in [-0.05, 0) is 38.0 Å². The van der Waals surface area contributed by atoms with Crippen molar-refractivity contribution in [3.63, 3.8) is 0 Å². The molecule has 1 aliphatic heterocycles. The van der Waals surface area contributed by atoms with E-state index in [1.165, 1.54) is 7.05 Å². The van der Waals surface area contributed by atoms with Crippen molar-refractivity contribution in [3.8, 4) is 17.3 Å². The van der Waals surface area contributed by atoms with E-state index >= 15 is 0 Å². The van der Waals surface area contributed by atoms with Gasteiger partial charge in [0.1, 0.15) is 17.1 Å². The quantitative estimate of drug-likeness (QED) is 0.560. The molecule has 1 aliphatic rings. The summed E-state index contributed by atoms with van der Waals surface area (Å²) in [6.45, 7) is 5.13. The number of aromatic nitrogens is 4. The van der Waals surface area contributed by atoms with E-state index in [9.17, 15) is 18.0 Å². The fraction of sp³-hybridized carbons (Fsp3) is 0.350. The number of ether oxygens (including phenoxy) is 1. The summed E-state index contributed by atoms with van der Waals surface area (Å²) in [7, 11) is 1.29. The molecule has 4 heterocycles. The molecule has 0 aliphatic carbocycles. The van der Waals surface area contributed by atoms with E-state index < -0.39 is 23.7 Å². The Morgan fingerprint density at radius 1 is 1.24 bits per heavy atom. The van der Waals surface area contributed by atoms with E-state index in [1.807, 2.05) is 6.07 Å². The van der Waals surface area contributed by atoms with Crippen molar-refractivity contribution in [2.45, 2.75) is 32.5 Å². The summed E-state index contributed by atoms with van der Waals surface area (Å²) in [5, 5.41) is 4.84. The third kappa shape index (κ3) is 4.82. The van der Waals surface area contributed by atoms with Gasteiger partial charge < -0.3 is 20.3 Å². The lowest BCUT2D eigenvalue weighted by atomic mass is 10.2. The van der Waals surface area contributed by atoms with Gasteiger partial charge >= 0.3 is 12.3 Å². The smallest absolute Gasteiger partial charge is 0.409 e. The number of hydrogen-bond donors (Lipinski definition) is 2. The molecular weight excluding hydrogens is 459 g/mol. The number of fused-ring (bicyclic) bond motifs is 1. The first-order chi connectivity index (χ1) is 15.7. The average molecular weight is 479 g/mol. The van der Waals surface area contributed by atoms with Gasteiger partial charge in [0.2, 0.25) is 5.13 Å². The van der Waals surface area contributed by atoms with Crippen molar-refractivity contribution in [2.75, 3.05) is 23.8 Å². The van der Waals surface area contributed by atoms with E-state index in [0.29, 0.717) is 23.6 Å². The lowest BCUT2D eigenvalue weighted by Gasteiger charge is -2.23. The number of hydrogen-bond acceptors (Lipinski definition) is 9. The van der Waals surface area contributed by atoms with Crippen LogP contribution in [0.4, 0.5) is 34.6 Å². The number of pyridine rings is 2. The monoisotopic (exact) mass is 479 g/mol. The van der Waals surface area contributed by atoms with Gasteiger partial charge in [-0.1, -0.05) is 0 Å². The molecule has 0 saturated heterocycles. The average Bonchev–Trinajstić information content (AvgIpc) is 3.40. The Morgan fingerprint density at radius 2 is 2.03 bits per heavy atom. The fourth-order valence-corrected chi connectivity index (χ4v) is 4.00. The van der Waals surface area contributed by atoms with Crippen LogP contribution >= 0.6 is 11.5 Å². The molecule has 13 heteroatoms. The number of anilines is 3. The molecule has 4 rings (SSSR count). The van der Waals surface area contributed by atoms with Crippen LogP contribution in [0.3, 0.4) is 0 Å². The Labute approximate surface area is 191 Å². The van der Waals surface area contributed by atoms with Crippen molar-refractivity contribution in [1.29, 1.82) is 0 Å². The summed E-state index contributed by atoms with van der Waals surface area (Å²) in [6.07, 6.45) is -1.98. The van der Waals surface area contributed by atoms with Crippen LogP contribution < -0.4 is 20.3 Å². The second-order valence-electron chi connectivity index (χ2n) is 7.49. The van der Waals surface area contributed by atoms with E-state index in [-0.39, 0.29) is 10.9 Å². The van der Waals surface area contributed by atoms with Crippen LogP contribution in [0.15, 0.2) is 24.5 Å². The second-order valence-corrected chi connectivity index (χ2v) is 8.24. The van der Waals surface area contributed by atoms with Crippen LogP contribution in [0.25, 0.3) is 11.5 Å². The molecule has 0 spiro atoms. The van der Waals surface area contributed by atoms with Crippen LogP contribution in [-0.4, -0.2) is 45.1 Å². The van der Waals surface area contributed by atoms with Gasteiger partial charge in [-0.3, -0.25) is 4.98 Å². The maximum Gasteiger partial charge on any atom is 0.420 e. The highest BCUT2D eigenvalue weighted by Gasteiger charge is 2.35. The van der Waals surface area contributed by atoms with Crippen molar-refractivity contribution >= 4 is 34.3 Å². The van der Waals surface area contributed by atoms with Gasteiger partial charge in [-0.25, -0.2) is 9.78 Å². The number of amides is 1. The van der Waals surface area contributed by atoms with Crippen LogP contribution in [0.2, 0.25) is 0 Å². The SMILES string of the molecule is CNC(=O)Oc1cnc(Nc2nc(-c3cc4c(cn3)N(C(C)C)CC4)ns2)c(C(F)(F)F)c1. The summed E-state index contributed by atoms with van der Waals surface area (Å²) in [5.41, 5.74) is 1.64. The minimum Gasteiger partial charge on any atom is -0.409 e. The predicted molar refractivity (Wildman–Crippen MR) is 117 cm³/mol. The van der Waals surface area contributed by atoms with Crippen LogP contribution in [0.1, 0.15) is 25.0 Å². The lowest BCUT2D eigenvalue weighted by Crippen LogP contribution is -2.28. The summed E-state index contributed by atoms with van der Waals surface area (Å²) in [5.74, 6) is -0.520. The Hall–Kier alpha value is -3.48. The highest BCUT2D eigenvalue weighted by molar-refractivity contribution is 7.09. The largest absolute Gasteiger partial charge is 0.420 e. The van der Waals surface area contributed by atoms with Gasteiger partial charge in [0, 0.05) is 31.2 Å². The molecule has 0 saturated carbocycles. The molecule has 0 radical (unpaired) electrons. The normalized spacial score (nSPS) is 13.2. The number of halogens is 3. The van der Waals surface area contributed by atoms with Gasteiger partial charge in [0.25, 0.3) is 0 Å². The third-order valence-corrected chi connectivity index (χ3v) is 5.61. The number of alkyl halides is 3. The molecule has 33 heavy (non-hydrogen) atoms. The minimum atomic E-state index is -4.74. The first-order valence-corrected chi connectivity index (χ1v) is 10.8. The van der Waals surface area contributed by atoms with Crippen LogP contribution in [-0.2, 0) is 12.6 Å². The Kier molecular flexibility index (Phi) is 6.06. The van der Waals surface area contributed by atoms with E-state index in [1.54, 1.807) is 6.20 Å². The number of carbonyl (C=O) groups excluding carboxylic acids is 1. The van der Waals surface area contributed by atoms with E-state index in [4.69, 9.17) is 4.74 Å². The number of nitrogens with one attached hydrogen (secondary N) is 2. The van der Waals surface area contributed by atoms with Crippen molar-refractivity contribution in [2.24, 2.45) is 0 Å². The summed E-state index contributed by atoms with van der Waals surface area (Å²) < 4.78 is 49.6. The van der Waals surface area contributed by atoms with Crippen LogP contribution in [0, 0.1) is 0 Å². The predicted octanol–water partition coefficient (Wildman–Crippen LogP) is 4.25. The van der Waals surface area contributed by atoms with Crippen LogP contribution in [0.5, 0.6) is 5.75 Å². The van der Waals surface area contributed by atoms with Gasteiger partial charge in [-0.2, -0.15) is 22.5 Å². The summed E-state index contributed by atoms with van der Waals surface area (Å²) in [6, 6.07) is 2.96. The summed E-state index contributed by atoms with van der Waals surface area (Å²) >= 11 is 0.890. The zero-order valence-electron chi connectivity index (χ0n) is 17.9. The molecule has 3 aromatic rings. The number of nitrogens with zero attached hydrogens (tertiary/aromatic N) is 5. The molecule has 2 N–H and O–H groups in total. The van der Waals surface area contributed by atoms with E-state index in [2.05, 4.69) is 48.7 Å². The molecule has 0 unspecified atom stereocenters. The van der Waals surface area contributed by atoms with Crippen molar-refractivity contribution < 1.29 is 22.7 Å². The molecule has 0 bridgehead atoms.